The molecule has 2 heterocycles. The van der Waals surface area contributed by atoms with Crippen molar-refractivity contribution in [2.45, 2.75) is 57.5 Å². The molecular weight excluding hydrogens is 290 g/mol. The molecule has 1 aromatic heterocycles. The first kappa shape index (κ1) is 16.4. The molecule has 2 N–H and O–H groups in total. The molecule has 5 heteroatoms. The van der Waals surface area contributed by atoms with Crippen LogP contribution in [0.3, 0.4) is 0 Å². The predicted molar refractivity (Wildman–Crippen MR) is 90.2 cm³/mol. The summed E-state index contributed by atoms with van der Waals surface area (Å²) in [6.07, 6.45) is 8.98. The van der Waals surface area contributed by atoms with Crippen LogP contribution < -0.4 is 10.6 Å². The van der Waals surface area contributed by atoms with Crippen LogP contribution in [-0.2, 0) is 0 Å². The molecule has 0 radical (unpaired) electrons. The first-order valence-corrected chi connectivity index (χ1v) is 9.06. The fourth-order valence-electron chi connectivity index (χ4n) is 3.88. The van der Waals surface area contributed by atoms with Gasteiger partial charge < -0.3 is 15.1 Å². The van der Waals surface area contributed by atoms with Crippen LogP contribution in [0.15, 0.2) is 22.8 Å². The molecule has 1 aliphatic heterocycles. The largest absolute Gasteiger partial charge is 0.468 e. The highest BCUT2D eigenvalue weighted by molar-refractivity contribution is 5.74. The van der Waals surface area contributed by atoms with E-state index >= 15 is 0 Å². The molecule has 2 amide bonds. The first-order valence-electron chi connectivity index (χ1n) is 9.06. The van der Waals surface area contributed by atoms with Crippen molar-refractivity contribution in [2.24, 2.45) is 5.92 Å². The normalized spacial score (nSPS) is 26.8. The molecule has 1 aromatic rings. The van der Waals surface area contributed by atoms with Crippen molar-refractivity contribution < 1.29 is 9.21 Å². The van der Waals surface area contributed by atoms with Gasteiger partial charge in [-0.15, -0.1) is 0 Å². The topological polar surface area (TPSA) is 57.5 Å². The van der Waals surface area contributed by atoms with Gasteiger partial charge in [0.05, 0.1) is 12.3 Å². The fourth-order valence-corrected chi connectivity index (χ4v) is 3.88. The third-order valence-electron chi connectivity index (χ3n) is 5.34. The summed E-state index contributed by atoms with van der Waals surface area (Å²) in [4.78, 5) is 14.7. The lowest BCUT2D eigenvalue weighted by molar-refractivity contribution is 0.197. The van der Waals surface area contributed by atoms with Crippen molar-refractivity contribution in [3.63, 3.8) is 0 Å². The second-order valence-electron chi connectivity index (χ2n) is 7.00. The Morgan fingerprint density at radius 2 is 2.09 bits per heavy atom. The summed E-state index contributed by atoms with van der Waals surface area (Å²) in [6.45, 7) is 4.99. The highest BCUT2D eigenvalue weighted by Crippen LogP contribution is 2.25. The molecule has 2 fully saturated rings. The molecule has 2 aliphatic rings. The quantitative estimate of drug-likeness (QED) is 0.875. The molecule has 128 valence electrons. The minimum Gasteiger partial charge on any atom is -0.468 e. The minimum atomic E-state index is -0.0421. The molecule has 0 bridgehead atoms. The van der Waals surface area contributed by atoms with Gasteiger partial charge in [-0.1, -0.05) is 19.8 Å². The summed E-state index contributed by atoms with van der Waals surface area (Å²) < 4.78 is 5.59. The summed E-state index contributed by atoms with van der Waals surface area (Å²) in [5.74, 6) is 1.52. The molecule has 5 nitrogen and oxygen atoms in total. The molecule has 3 atom stereocenters. The van der Waals surface area contributed by atoms with E-state index in [4.69, 9.17) is 4.42 Å². The molecule has 1 saturated heterocycles. The highest BCUT2D eigenvalue weighted by Gasteiger charge is 2.27. The van der Waals surface area contributed by atoms with E-state index in [-0.39, 0.29) is 12.1 Å². The predicted octanol–water partition coefficient (Wildman–Crippen LogP) is 3.29. The third-order valence-corrected chi connectivity index (χ3v) is 5.34. The Morgan fingerprint density at radius 3 is 2.78 bits per heavy atom. The maximum atomic E-state index is 12.3. The lowest BCUT2D eigenvalue weighted by Crippen LogP contribution is -2.48. The van der Waals surface area contributed by atoms with Crippen molar-refractivity contribution in [1.82, 2.24) is 15.5 Å². The fraction of sp³-hybridized carbons (Fsp3) is 0.722. The first-order chi connectivity index (χ1) is 11.2. The van der Waals surface area contributed by atoms with Gasteiger partial charge >= 0.3 is 6.03 Å². The molecule has 1 saturated carbocycles. The van der Waals surface area contributed by atoms with Gasteiger partial charge in [0.2, 0.25) is 0 Å². The minimum absolute atomic E-state index is 0.0421. The zero-order valence-electron chi connectivity index (χ0n) is 14.1. The third kappa shape index (κ3) is 4.28. The van der Waals surface area contributed by atoms with E-state index in [1.54, 1.807) is 6.26 Å². The number of furan rings is 1. The van der Waals surface area contributed by atoms with Gasteiger partial charge in [-0.25, -0.2) is 4.79 Å². The number of likely N-dealkylation sites (tertiary alicyclic amines) is 1. The Balaban J connectivity index is 1.52. The van der Waals surface area contributed by atoms with Crippen molar-refractivity contribution in [3.05, 3.63) is 24.2 Å². The van der Waals surface area contributed by atoms with Gasteiger partial charge in [0.1, 0.15) is 5.76 Å². The van der Waals surface area contributed by atoms with Gasteiger partial charge in [-0.3, -0.25) is 4.90 Å². The Kier molecular flexibility index (Phi) is 5.60. The molecule has 3 rings (SSSR count). The molecule has 1 aliphatic carbocycles. The van der Waals surface area contributed by atoms with Crippen molar-refractivity contribution >= 4 is 6.03 Å². The van der Waals surface area contributed by atoms with Crippen LogP contribution in [0.25, 0.3) is 0 Å². The maximum Gasteiger partial charge on any atom is 0.315 e. The van der Waals surface area contributed by atoms with E-state index in [0.717, 1.165) is 25.3 Å². The van der Waals surface area contributed by atoms with Crippen molar-refractivity contribution in [2.75, 3.05) is 19.6 Å². The Hall–Kier alpha value is -1.49. The van der Waals surface area contributed by atoms with Crippen LogP contribution in [-0.4, -0.2) is 36.6 Å². The van der Waals surface area contributed by atoms with Gasteiger partial charge in [-0.2, -0.15) is 0 Å². The van der Waals surface area contributed by atoms with Gasteiger partial charge in [-0.05, 0) is 56.8 Å². The zero-order chi connectivity index (χ0) is 16.1. The van der Waals surface area contributed by atoms with Crippen LogP contribution >= 0.6 is 0 Å². The van der Waals surface area contributed by atoms with E-state index < -0.39 is 0 Å². The molecule has 3 unspecified atom stereocenters. The number of carbonyl (C=O) groups excluding carboxylic acids is 1. The number of rotatable bonds is 5. The Labute approximate surface area is 138 Å². The van der Waals surface area contributed by atoms with Gasteiger partial charge in [0, 0.05) is 12.6 Å². The second kappa shape index (κ2) is 7.86. The van der Waals surface area contributed by atoms with E-state index in [1.165, 1.54) is 32.1 Å². The SMILES string of the molecule is CC1CCCCC1NC(=O)NCC(c1ccco1)N1CCCC1. The number of nitrogens with zero attached hydrogens (tertiary/aromatic N) is 1. The zero-order valence-corrected chi connectivity index (χ0v) is 14.1. The van der Waals surface area contributed by atoms with E-state index in [0.29, 0.717) is 18.5 Å². The number of carbonyl (C=O) groups is 1. The number of nitrogens with one attached hydrogen (secondary N) is 2. The number of urea groups is 1. The molecule has 0 aromatic carbocycles. The second-order valence-corrected chi connectivity index (χ2v) is 7.00. The lowest BCUT2D eigenvalue weighted by atomic mass is 9.86. The monoisotopic (exact) mass is 319 g/mol. The molecular formula is C18H29N3O2. The van der Waals surface area contributed by atoms with Gasteiger partial charge in [0.15, 0.2) is 0 Å². The highest BCUT2D eigenvalue weighted by atomic mass is 16.3. The average Bonchev–Trinajstić information content (AvgIpc) is 3.23. The van der Waals surface area contributed by atoms with Crippen LogP contribution in [0.2, 0.25) is 0 Å². The van der Waals surface area contributed by atoms with Crippen LogP contribution in [0, 0.1) is 5.92 Å². The van der Waals surface area contributed by atoms with E-state index in [1.807, 2.05) is 12.1 Å². The summed E-state index contributed by atoms with van der Waals surface area (Å²) in [6, 6.07) is 4.34. The number of hydrogen-bond acceptors (Lipinski definition) is 3. The summed E-state index contributed by atoms with van der Waals surface area (Å²) >= 11 is 0. The Morgan fingerprint density at radius 1 is 1.30 bits per heavy atom. The van der Waals surface area contributed by atoms with Crippen LogP contribution in [0.1, 0.15) is 57.3 Å². The standard InChI is InChI=1S/C18H29N3O2/c1-14-7-2-3-8-15(14)20-18(22)19-13-16(17-9-6-12-23-17)21-10-4-5-11-21/h6,9,12,14-16H,2-5,7-8,10-11,13H2,1H3,(H2,19,20,22). The smallest absolute Gasteiger partial charge is 0.315 e. The van der Waals surface area contributed by atoms with Crippen molar-refractivity contribution in [1.29, 1.82) is 0 Å². The number of amides is 2. The van der Waals surface area contributed by atoms with Gasteiger partial charge in [0.25, 0.3) is 0 Å². The van der Waals surface area contributed by atoms with E-state index in [9.17, 15) is 4.79 Å². The van der Waals surface area contributed by atoms with E-state index in [2.05, 4.69) is 22.5 Å². The summed E-state index contributed by atoms with van der Waals surface area (Å²) in [5, 5.41) is 6.22. The molecule has 0 spiro atoms. The lowest BCUT2D eigenvalue weighted by Gasteiger charge is -2.30. The van der Waals surface area contributed by atoms with Crippen molar-refractivity contribution in [3.8, 4) is 0 Å². The number of hydrogen-bond donors (Lipinski definition) is 2. The summed E-state index contributed by atoms with van der Waals surface area (Å²) in [5.41, 5.74) is 0. The maximum absolute atomic E-state index is 12.3. The summed E-state index contributed by atoms with van der Waals surface area (Å²) in [7, 11) is 0. The van der Waals surface area contributed by atoms with Crippen LogP contribution in [0.4, 0.5) is 4.79 Å². The average molecular weight is 319 g/mol. The Bertz CT molecular complexity index is 482. The molecule has 23 heavy (non-hydrogen) atoms. The van der Waals surface area contributed by atoms with Crippen LogP contribution in [0.5, 0.6) is 0 Å².